The molecule has 0 N–H and O–H groups in total. The molecule has 0 aliphatic rings. The highest BCUT2D eigenvalue weighted by molar-refractivity contribution is 8.15. The minimum absolute atomic E-state index is 0.00429. The van der Waals surface area contributed by atoms with Gasteiger partial charge < -0.3 is 4.90 Å². The van der Waals surface area contributed by atoms with Crippen LogP contribution in [0.15, 0.2) is 16.3 Å². The molecule has 0 saturated carbocycles. The molecule has 7 heteroatoms. The number of carbonyl (C=O) groups excluding carboxylic acids is 1. The Hall–Kier alpha value is -0.590. The Morgan fingerprint density at radius 3 is 2.35 bits per heavy atom. The quantitative estimate of drug-likeness (QED) is 0.782. The highest BCUT2D eigenvalue weighted by Crippen LogP contribution is 2.25. The van der Waals surface area contributed by atoms with Crippen LogP contribution in [0.4, 0.5) is 0 Å². The highest BCUT2D eigenvalue weighted by Gasteiger charge is 2.16. The van der Waals surface area contributed by atoms with Crippen molar-refractivity contribution in [1.82, 2.24) is 4.90 Å². The first-order chi connectivity index (χ1) is 7.88. The summed E-state index contributed by atoms with van der Waals surface area (Å²) < 4.78 is 22.2. The van der Waals surface area contributed by atoms with E-state index in [1.54, 1.807) is 11.0 Å². The van der Waals surface area contributed by atoms with Crippen molar-refractivity contribution in [3.8, 4) is 0 Å². The van der Waals surface area contributed by atoms with Gasteiger partial charge in [0.1, 0.15) is 4.21 Å². The molecule has 0 fully saturated rings. The van der Waals surface area contributed by atoms with Gasteiger partial charge in [-0.3, -0.25) is 4.79 Å². The minimum Gasteiger partial charge on any atom is -0.343 e. The maximum Gasteiger partial charge on any atom is 0.270 e. The van der Waals surface area contributed by atoms with Gasteiger partial charge in [0.05, 0.1) is 6.42 Å². The van der Waals surface area contributed by atoms with Gasteiger partial charge in [0, 0.05) is 28.6 Å². The highest BCUT2D eigenvalue weighted by atomic mass is 35.7. The third-order valence-electron chi connectivity index (χ3n) is 2.32. The molecule has 0 spiro atoms. The van der Waals surface area contributed by atoms with Crippen LogP contribution < -0.4 is 0 Å². The van der Waals surface area contributed by atoms with Crippen molar-refractivity contribution >= 4 is 37.0 Å². The molecule has 0 aromatic carbocycles. The zero-order valence-electron chi connectivity index (χ0n) is 9.64. The maximum atomic E-state index is 11.8. The van der Waals surface area contributed by atoms with Crippen LogP contribution in [0.1, 0.15) is 18.7 Å². The second-order valence-corrected chi connectivity index (χ2v) is 7.36. The SMILES string of the molecule is CCN(CC)C(=O)Cc1ccc(S(=O)(=O)Cl)s1. The average Bonchev–Trinajstić information content (AvgIpc) is 2.67. The van der Waals surface area contributed by atoms with Crippen LogP contribution >= 0.6 is 22.0 Å². The lowest BCUT2D eigenvalue weighted by Crippen LogP contribution is -2.31. The first-order valence-corrected chi connectivity index (χ1v) is 8.32. The summed E-state index contributed by atoms with van der Waals surface area (Å²) in [6.07, 6.45) is 0.221. The van der Waals surface area contributed by atoms with Crippen molar-refractivity contribution in [1.29, 1.82) is 0 Å². The van der Waals surface area contributed by atoms with Crippen LogP contribution in [-0.4, -0.2) is 32.3 Å². The van der Waals surface area contributed by atoms with Crippen molar-refractivity contribution in [3.05, 3.63) is 17.0 Å². The van der Waals surface area contributed by atoms with Gasteiger partial charge in [-0.2, -0.15) is 0 Å². The van der Waals surface area contributed by atoms with Gasteiger partial charge in [0.25, 0.3) is 9.05 Å². The number of hydrogen-bond acceptors (Lipinski definition) is 4. The molecule has 0 bridgehead atoms. The van der Waals surface area contributed by atoms with E-state index in [0.29, 0.717) is 18.0 Å². The second-order valence-electron chi connectivity index (χ2n) is 3.40. The molecular weight excluding hydrogens is 282 g/mol. The first kappa shape index (κ1) is 14.5. The third kappa shape index (κ3) is 3.97. The van der Waals surface area contributed by atoms with Crippen molar-refractivity contribution in [2.24, 2.45) is 0 Å². The van der Waals surface area contributed by atoms with Crippen LogP contribution in [0.3, 0.4) is 0 Å². The molecule has 1 aromatic rings. The molecule has 1 heterocycles. The van der Waals surface area contributed by atoms with Crippen LogP contribution in [-0.2, 0) is 20.3 Å². The Bertz CT molecular complexity index is 491. The molecule has 0 aliphatic carbocycles. The molecule has 4 nitrogen and oxygen atoms in total. The summed E-state index contributed by atoms with van der Waals surface area (Å²) in [6.45, 7) is 5.12. The fourth-order valence-corrected chi connectivity index (χ4v) is 3.54. The summed E-state index contributed by atoms with van der Waals surface area (Å²) in [6, 6.07) is 3.05. The topological polar surface area (TPSA) is 54.5 Å². The number of thiophene rings is 1. The number of amides is 1. The molecule has 0 atom stereocenters. The van der Waals surface area contributed by atoms with E-state index in [-0.39, 0.29) is 16.5 Å². The van der Waals surface area contributed by atoms with E-state index in [0.717, 1.165) is 11.3 Å². The summed E-state index contributed by atoms with van der Waals surface area (Å²) in [7, 11) is 1.53. The molecule has 96 valence electrons. The molecule has 1 aromatic heterocycles. The lowest BCUT2D eigenvalue weighted by atomic mass is 10.3. The second kappa shape index (κ2) is 5.84. The first-order valence-electron chi connectivity index (χ1n) is 5.19. The van der Waals surface area contributed by atoms with Gasteiger partial charge in [0.15, 0.2) is 0 Å². The van der Waals surface area contributed by atoms with E-state index in [2.05, 4.69) is 0 Å². The molecule has 0 saturated heterocycles. The van der Waals surface area contributed by atoms with E-state index in [4.69, 9.17) is 10.7 Å². The third-order valence-corrected chi connectivity index (χ3v) is 5.50. The number of nitrogens with zero attached hydrogens (tertiary/aromatic N) is 1. The maximum absolute atomic E-state index is 11.8. The zero-order valence-corrected chi connectivity index (χ0v) is 12.0. The number of carbonyl (C=O) groups is 1. The van der Waals surface area contributed by atoms with Gasteiger partial charge in [0.2, 0.25) is 5.91 Å². The Morgan fingerprint density at radius 1 is 1.35 bits per heavy atom. The summed E-state index contributed by atoms with van der Waals surface area (Å²) in [4.78, 5) is 14.2. The van der Waals surface area contributed by atoms with E-state index in [1.807, 2.05) is 13.8 Å². The minimum atomic E-state index is -3.68. The Morgan fingerprint density at radius 2 is 1.94 bits per heavy atom. The summed E-state index contributed by atoms with van der Waals surface area (Å²) >= 11 is 1.04. The largest absolute Gasteiger partial charge is 0.343 e. The van der Waals surface area contributed by atoms with Crippen molar-refractivity contribution in [2.75, 3.05) is 13.1 Å². The van der Waals surface area contributed by atoms with Crippen LogP contribution in [0.5, 0.6) is 0 Å². The standard InChI is InChI=1S/C10H14ClNO3S2/c1-3-12(4-2)9(13)7-8-5-6-10(16-8)17(11,14)15/h5-6H,3-4,7H2,1-2H3. The summed E-state index contributed by atoms with van der Waals surface area (Å²) in [5, 5.41) is 0. The van der Waals surface area contributed by atoms with Crippen LogP contribution in [0.25, 0.3) is 0 Å². The van der Waals surface area contributed by atoms with Crippen LogP contribution in [0, 0.1) is 0 Å². The Labute approximate surface area is 110 Å². The average molecular weight is 296 g/mol. The fraction of sp³-hybridized carbons (Fsp3) is 0.500. The zero-order chi connectivity index (χ0) is 13.1. The van der Waals surface area contributed by atoms with E-state index < -0.39 is 9.05 Å². The summed E-state index contributed by atoms with van der Waals surface area (Å²) in [5.74, 6) is -0.00429. The fourth-order valence-electron chi connectivity index (χ4n) is 1.42. The predicted molar refractivity (Wildman–Crippen MR) is 69.0 cm³/mol. The van der Waals surface area contributed by atoms with E-state index >= 15 is 0 Å². The van der Waals surface area contributed by atoms with E-state index in [1.165, 1.54) is 6.07 Å². The van der Waals surface area contributed by atoms with E-state index in [9.17, 15) is 13.2 Å². The monoisotopic (exact) mass is 295 g/mol. The van der Waals surface area contributed by atoms with Gasteiger partial charge >= 0.3 is 0 Å². The Balaban J connectivity index is 2.77. The van der Waals surface area contributed by atoms with Crippen molar-refractivity contribution in [2.45, 2.75) is 24.5 Å². The molecule has 1 rings (SSSR count). The van der Waals surface area contributed by atoms with Gasteiger partial charge in [-0.15, -0.1) is 11.3 Å². The molecule has 0 aliphatic heterocycles. The predicted octanol–water partition coefficient (Wildman–Crippen LogP) is 2.09. The Kier molecular flexibility index (Phi) is 4.97. The smallest absolute Gasteiger partial charge is 0.270 e. The van der Waals surface area contributed by atoms with Crippen LogP contribution in [0.2, 0.25) is 0 Å². The van der Waals surface area contributed by atoms with Gasteiger partial charge in [-0.25, -0.2) is 8.42 Å². The molecule has 0 radical (unpaired) electrons. The number of rotatable bonds is 5. The molecular formula is C10H14ClNO3S2. The summed E-state index contributed by atoms with van der Waals surface area (Å²) in [5.41, 5.74) is 0. The van der Waals surface area contributed by atoms with Crippen molar-refractivity contribution in [3.63, 3.8) is 0 Å². The van der Waals surface area contributed by atoms with Crippen molar-refractivity contribution < 1.29 is 13.2 Å². The normalized spacial score (nSPS) is 11.5. The van der Waals surface area contributed by atoms with Gasteiger partial charge in [-0.05, 0) is 26.0 Å². The lowest BCUT2D eigenvalue weighted by molar-refractivity contribution is -0.130. The molecule has 0 unspecified atom stereocenters. The lowest BCUT2D eigenvalue weighted by Gasteiger charge is -2.17. The molecule has 17 heavy (non-hydrogen) atoms. The number of hydrogen-bond donors (Lipinski definition) is 0. The van der Waals surface area contributed by atoms with Gasteiger partial charge in [-0.1, -0.05) is 0 Å². The molecule has 1 amide bonds. The number of likely N-dealkylation sites (N-methyl/N-ethyl adjacent to an activating group) is 1. The number of halogens is 1.